The standard InChI is InChI=1S/C13H19FO2/c1-4-13(2,16-3)12(15)9-10-5-7-11(14)8-6-10/h5-8,12,15H,4,9H2,1-3H3. The summed E-state index contributed by atoms with van der Waals surface area (Å²) in [4.78, 5) is 0. The Kier molecular flexibility index (Phi) is 4.44. The van der Waals surface area contributed by atoms with E-state index in [-0.39, 0.29) is 5.82 Å². The molecule has 0 saturated heterocycles. The highest BCUT2D eigenvalue weighted by Gasteiger charge is 2.30. The van der Waals surface area contributed by atoms with E-state index >= 15 is 0 Å². The predicted molar refractivity (Wildman–Crippen MR) is 61.8 cm³/mol. The summed E-state index contributed by atoms with van der Waals surface area (Å²) in [6.07, 6.45) is 0.609. The van der Waals surface area contributed by atoms with Crippen LogP contribution in [0.25, 0.3) is 0 Å². The van der Waals surface area contributed by atoms with Crippen molar-refractivity contribution in [1.82, 2.24) is 0 Å². The lowest BCUT2D eigenvalue weighted by Gasteiger charge is -2.32. The fourth-order valence-corrected chi connectivity index (χ4v) is 1.58. The zero-order valence-corrected chi connectivity index (χ0v) is 10.0. The maximum atomic E-state index is 12.7. The molecule has 0 fully saturated rings. The Morgan fingerprint density at radius 1 is 1.38 bits per heavy atom. The summed E-state index contributed by atoms with van der Waals surface area (Å²) in [6, 6.07) is 6.17. The Balaban J connectivity index is 2.70. The molecule has 0 aliphatic heterocycles. The van der Waals surface area contributed by atoms with E-state index in [1.54, 1.807) is 19.2 Å². The highest BCUT2D eigenvalue weighted by atomic mass is 19.1. The average Bonchev–Trinajstić information content (AvgIpc) is 2.31. The number of aliphatic hydroxyl groups excluding tert-OH is 1. The first kappa shape index (κ1) is 13.1. The van der Waals surface area contributed by atoms with Gasteiger partial charge in [0.05, 0.1) is 11.7 Å². The molecule has 1 aromatic carbocycles. The van der Waals surface area contributed by atoms with E-state index in [0.29, 0.717) is 6.42 Å². The SMILES string of the molecule is CCC(C)(OC)C(O)Cc1ccc(F)cc1. The minimum atomic E-state index is -0.590. The summed E-state index contributed by atoms with van der Waals surface area (Å²) in [5.74, 6) is -0.261. The van der Waals surface area contributed by atoms with Crippen LogP contribution in [0.2, 0.25) is 0 Å². The Hall–Kier alpha value is -0.930. The molecule has 0 heterocycles. The van der Waals surface area contributed by atoms with Gasteiger partial charge in [0.2, 0.25) is 0 Å². The van der Waals surface area contributed by atoms with E-state index in [1.165, 1.54) is 12.1 Å². The number of benzene rings is 1. The van der Waals surface area contributed by atoms with Crippen LogP contribution in [0.1, 0.15) is 25.8 Å². The van der Waals surface area contributed by atoms with Crippen molar-refractivity contribution in [1.29, 1.82) is 0 Å². The van der Waals surface area contributed by atoms with E-state index in [2.05, 4.69) is 0 Å². The molecule has 3 heteroatoms. The maximum Gasteiger partial charge on any atom is 0.123 e. The number of ether oxygens (including phenoxy) is 1. The summed E-state index contributed by atoms with van der Waals surface area (Å²) in [5, 5.41) is 10.1. The average molecular weight is 226 g/mol. The van der Waals surface area contributed by atoms with E-state index in [1.807, 2.05) is 13.8 Å². The van der Waals surface area contributed by atoms with Gasteiger partial charge in [-0.2, -0.15) is 0 Å². The second-order valence-electron chi connectivity index (χ2n) is 4.22. The lowest BCUT2D eigenvalue weighted by Crippen LogP contribution is -2.42. The molecule has 0 saturated carbocycles. The lowest BCUT2D eigenvalue weighted by atomic mass is 9.91. The highest BCUT2D eigenvalue weighted by Crippen LogP contribution is 2.22. The molecule has 0 bridgehead atoms. The maximum absolute atomic E-state index is 12.7. The van der Waals surface area contributed by atoms with Crippen LogP contribution in [-0.2, 0) is 11.2 Å². The van der Waals surface area contributed by atoms with Gasteiger partial charge in [0, 0.05) is 13.5 Å². The van der Waals surface area contributed by atoms with Crippen LogP contribution in [-0.4, -0.2) is 23.9 Å². The van der Waals surface area contributed by atoms with Crippen LogP contribution in [0, 0.1) is 5.82 Å². The van der Waals surface area contributed by atoms with Crippen molar-refractivity contribution < 1.29 is 14.2 Å². The van der Waals surface area contributed by atoms with E-state index in [0.717, 1.165) is 12.0 Å². The third-order valence-corrected chi connectivity index (χ3v) is 3.22. The number of methoxy groups -OCH3 is 1. The molecule has 0 aliphatic rings. The molecule has 2 atom stereocenters. The van der Waals surface area contributed by atoms with Crippen LogP contribution >= 0.6 is 0 Å². The van der Waals surface area contributed by atoms with Crippen LogP contribution in [0.5, 0.6) is 0 Å². The molecule has 1 rings (SSSR count). The van der Waals surface area contributed by atoms with Crippen molar-refractivity contribution in [2.45, 2.75) is 38.4 Å². The number of hydrogen-bond donors (Lipinski definition) is 1. The number of aliphatic hydroxyl groups is 1. The third kappa shape index (κ3) is 3.03. The summed E-state index contributed by atoms with van der Waals surface area (Å²) in [6.45, 7) is 3.85. The quantitative estimate of drug-likeness (QED) is 0.836. The Labute approximate surface area is 96.1 Å². The Morgan fingerprint density at radius 3 is 2.38 bits per heavy atom. The highest BCUT2D eigenvalue weighted by molar-refractivity contribution is 5.17. The number of halogens is 1. The first-order valence-corrected chi connectivity index (χ1v) is 5.49. The Bertz CT molecular complexity index is 317. The van der Waals surface area contributed by atoms with Crippen molar-refractivity contribution in [2.24, 2.45) is 0 Å². The monoisotopic (exact) mass is 226 g/mol. The van der Waals surface area contributed by atoms with Crippen molar-refractivity contribution in [3.05, 3.63) is 35.6 Å². The molecule has 0 amide bonds. The van der Waals surface area contributed by atoms with Crippen LogP contribution in [0.15, 0.2) is 24.3 Å². The zero-order valence-electron chi connectivity index (χ0n) is 10.0. The molecule has 0 aliphatic carbocycles. The van der Waals surface area contributed by atoms with Crippen LogP contribution < -0.4 is 0 Å². The zero-order chi connectivity index (χ0) is 12.2. The summed E-state index contributed by atoms with van der Waals surface area (Å²) < 4.78 is 18.0. The smallest absolute Gasteiger partial charge is 0.123 e. The predicted octanol–water partition coefficient (Wildman–Crippen LogP) is 2.54. The van der Waals surface area contributed by atoms with Gasteiger partial charge in [0.25, 0.3) is 0 Å². The van der Waals surface area contributed by atoms with E-state index in [9.17, 15) is 9.50 Å². The van der Waals surface area contributed by atoms with Crippen molar-refractivity contribution >= 4 is 0 Å². The van der Waals surface area contributed by atoms with Gasteiger partial charge < -0.3 is 9.84 Å². The van der Waals surface area contributed by atoms with Gasteiger partial charge in [-0.15, -0.1) is 0 Å². The first-order valence-electron chi connectivity index (χ1n) is 5.49. The fraction of sp³-hybridized carbons (Fsp3) is 0.538. The van der Waals surface area contributed by atoms with Gasteiger partial charge in [-0.1, -0.05) is 19.1 Å². The van der Waals surface area contributed by atoms with E-state index in [4.69, 9.17) is 4.74 Å². The molecular weight excluding hydrogens is 207 g/mol. The molecular formula is C13H19FO2. The molecule has 0 spiro atoms. The minimum absolute atomic E-state index is 0.261. The second kappa shape index (κ2) is 5.41. The molecule has 1 aromatic rings. The molecule has 2 nitrogen and oxygen atoms in total. The van der Waals surface area contributed by atoms with Gasteiger partial charge in [-0.3, -0.25) is 0 Å². The van der Waals surface area contributed by atoms with Gasteiger partial charge in [0.1, 0.15) is 5.82 Å². The number of rotatable bonds is 5. The van der Waals surface area contributed by atoms with E-state index < -0.39 is 11.7 Å². The van der Waals surface area contributed by atoms with Gasteiger partial charge >= 0.3 is 0 Å². The van der Waals surface area contributed by atoms with Gasteiger partial charge in [-0.25, -0.2) is 4.39 Å². The molecule has 16 heavy (non-hydrogen) atoms. The molecule has 90 valence electrons. The molecule has 0 aromatic heterocycles. The van der Waals surface area contributed by atoms with Crippen molar-refractivity contribution in [2.75, 3.05) is 7.11 Å². The third-order valence-electron chi connectivity index (χ3n) is 3.22. The van der Waals surface area contributed by atoms with Crippen LogP contribution in [0.4, 0.5) is 4.39 Å². The normalized spacial score (nSPS) is 16.8. The molecule has 0 radical (unpaired) electrons. The minimum Gasteiger partial charge on any atom is -0.390 e. The van der Waals surface area contributed by atoms with Gasteiger partial charge in [0.15, 0.2) is 0 Å². The van der Waals surface area contributed by atoms with Crippen molar-refractivity contribution in [3.63, 3.8) is 0 Å². The van der Waals surface area contributed by atoms with Gasteiger partial charge in [-0.05, 0) is 31.0 Å². The van der Waals surface area contributed by atoms with Crippen LogP contribution in [0.3, 0.4) is 0 Å². The molecule has 1 N–H and O–H groups in total. The first-order chi connectivity index (χ1) is 7.51. The Morgan fingerprint density at radius 2 is 1.94 bits per heavy atom. The lowest BCUT2D eigenvalue weighted by molar-refractivity contribution is -0.0914. The summed E-state index contributed by atoms with van der Waals surface area (Å²) >= 11 is 0. The molecule has 2 unspecified atom stereocenters. The van der Waals surface area contributed by atoms with Crippen molar-refractivity contribution in [3.8, 4) is 0 Å². The number of hydrogen-bond acceptors (Lipinski definition) is 2. The summed E-state index contributed by atoms with van der Waals surface area (Å²) in [7, 11) is 1.59. The summed E-state index contributed by atoms with van der Waals surface area (Å²) in [5.41, 5.74) is 0.361. The fourth-order valence-electron chi connectivity index (χ4n) is 1.58. The largest absolute Gasteiger partial charge is 0.390 e. The topological polar surface area (TPSA) is 29.5 Å². The second-order valence-corrected chi connectivity index (χ2v) is 4.22.